The highest BCUT2D eigenvalue weighted by Gasteiger charge is 2.42. The molecule has 0 saturated carbocycles. The van der Waals surface area contributed by atoms with E-state index in [4.69, 9.17) is 0 Å². The molecule has 1 rings (SSSR count). The minimum atomic E-state index is -4.84. The second-order valence-corrected chi connectivity index (χ2v) is 3.33. The third-order valence-corrected chi connectivity index (χ3v) is 2.21. The topological polar surface area (TPSA) is 20.3 Å². The molecule has 16 heavy (non-hydrogen) atoms. The molecule has 0 bridgehead atoms. The zero-order chi connectivity index (χ0) is 12.3. The van der Waals surface area contributed by atoms with Gasteiger partial charge in [-0.1, -0.05) is 18.2 Å². The van der Waals surface area contributed by atoms with Gasteiger partial charge in [-0.25, -0.2) is 0 Å². The summed E-state index contributed by atoms with van der Waals surface area (Å²) in [7, 11) is 0. The lowest BCUT2D eigenvalue weighted by atomic mass is 10.2. The summed E-state index contributed by atoms with van der Waals surface area (Å²) in [5.74, 6) is -1.83. The summed E-state index contributed by atoms with van der Waals surface area (Å²) in [6.45, 7) is 3.17. The average molecular weight is 231 g/mol. The van der Waals surface area contributed by atoms with Crippen LogP contribution in [0.3, 0.4) is 0 Å². The Morgan fingerprint density at radius 3 is 2.31 bits per heavy atom. The Kier molecular flexibility index (Phi) is 3.57. The van der Waals surface area contributed by atoms with Gasteiger partial charge in [-0.15, -0.1) is 0 Å². The minimum Gasteiger partial charge on any atom is -0.305 e. The van der Waals surface area contributed by atoms with Gasteiger partial charge < -0.3 is 4.90 Å². The molecular formula is C11H12F3NO. The highest BCUT2D eigenvalue weighted by molar-refractivity contribution is 5.97. The Morgan fingerprint density at radius 2 is 1.88 bits per heavy atom. The Hall–Kier alpha value is -1.52. The molecule has 0 fully saturated rings. The number of nitrogens with zero attached hydrogens (tertiary/aromatic N) is 1. The molecular weight excluding hydrogens is 219 g/mol. The minimum absolute atomic E-state index is 0.0107. The number of halogens is 3. The maximum Gasteiger partial charge on any atom is 0.471 e. The van der Waals surface area contributed by atoms with E-state index in [1.807, 2.05) is 0 Å². The molecule has 1 aromatic carbocycles. The summed E-state index contributed by atoms with van der Waals surface area (Å²) in [5, 5.41) is 0. The molecule has 0 atom stereocenters. The number of carbonyl (C=O) groups is 1. The van der Waals surface area contributed by atoms with Crippen molar-refractivity contribution in [3.8, 4) is 0 Å². The molecule has 5 heteroatoms. The fraction of sp³-hybridized carbons (Fsp3) is 0.364. The lowest BCUT2D eigenvalue weighted by Gasteiger charge is -2.23. The van der Waals surface area contributed by atoms with E-state index in [1.54, 1.807) is 25.1 Å². The van der Waals surface area contributed by atoms with Crippen LogP contribution in [-0.4, -0.2) is 18.6 Å². The second-order valence-electron chi connectivity index (χ2n) is 3.33. The number of hydrogen-bond acceptors (Lipinski definition) is 1. The Labute approximate surface area is 91.7 Å². The molecule has 0 saturated heterocycles. The van der Waals surface area contributed by atoms with Gasteiger partial charge in [0.25, 0.3) is 0 Å². The lowest BCUT2D eigenvalue weighted by Crippen LogP contribution is -2.41. The van der Waals surface area contributed by atoms with Crippen molar-refractivity contribution in [1.29, 1.82) is 0 Å². The van der Waals surface area contributed by atoms with Gasteiger partial charge in [0.1, 0.15) is 0 Å². The van der Waals surface area contributed by atoms with Crippen molar-refractivity contribution in [3.05, 3.63) is 29.8 Å². The fourth-order valence-corrected chi connectivity index (χ4v) is 1.44. The Bertz CT molecular complexity index is 387. The van der Waals surface area contributed by atoms with Crippen LogP contribution < -0.4 is 4.90 Å². The van der Waals surface area contributed by atoms with E-state index in [-0.39, 0.29) is 6.54 Å². The molecule has 88 valence electrons. The molecule has 0 N–H and O–H groups in total. The smallest absolute Gasteiger partial charge is 0.305 e. The van der Waals surface area contributed by atoms with Gasteiger partial charge in [-0.05, 0) is 25.5 Å². The van der Waals surface area contributed by atoms with Crippen molar-refractivity contribution in [2.45, 2.75) is 20.0 Å². The van der Waals surface area contributed by atoms with Crippen LogP contribution in [-0.2, 0) is 4.79 Å². The Balaban J connectivity index is 3.09. The molecule has 0 radical (unpaired) electrons. The van der Waals surface area contributed by atoms with Crippen molar-refractivity contribution in [2.75, 3.05) is 11.4 Å². The molecule has 0 aliphatic heterocycles. The van der Waals surface area contributed by atoms with Gasteiger partial charge in [0, 0.05) is 12.2 Å². The van der Waals surface area contributed by atoms with E-state index < -0.39 is 12.1 Å². The summed E-state index contributed by atoms with van der Waals surface area (Å²) in [5.41, 5.74) is 0.939. The summed E-state index contributed by atoms with van der Waals surface area (Å²) < 4.78 is 36.9. The predicted molar refractivity (Wildman–Crippen MR) is 55.3 cm³/mol. The van der Waals surface area contributed by atoms with E-state index in [1.165, 1.54) is 13.0 Å². The fourth-order valence-electron chi connectivity index (χ4n) is 1.44. The zero-order valence-corrected chi connectivity index (χ0v) is 9.01. The van der Waals surface area contributed by atoms with Crippen molar-refractivity contribution in [3.63, 3.8) is 0 Å². The van der Waals surface area contributed by atoms with Crippen molar-refractivity contribution < 1.29 is 18.0 Å². The van der Waals surface area contributed by atoms with Crippen LogP contribution in [0, 0.1) is 6.92 Å². The maximum atomic E-state index is 12.3. The van der Waals surface area contributed by atoms with E-state index >= 15 is 0 Å². The van der Waals surface area contributed by atoms with Gasteiger partial charge in [-0.2, -0.15) is 13.2 Å². The largest absolute Gasteiger partial charge is 0.471 e. The normalized spacial score (nSPS) is 11.3. The third-order valence-electron chi connectivity index (χ3n) is 2.21. The number of benzene rings is 1. The standard InChI is InChI=1S/C11H12F3NO/c1-3-15(10(16)11(12,13)14)9-7-5-4-6-8(9)2/h4-7H,3H2,1-2H3. The molecule has 0 aromatic heterocycles. The number of aryl methyl sites for hydroxylation is 1. The van der Waals surface area contributed by atoms with Gasteiger partial charge >= 0.3 is 12.1 Å². The van der Waals surface area contributed by atoms with Gasteiger partial charge in [0.2, 0.25) is 0 Å². The molecule has 0 aliphatic carbocycles. The highest BCUT2D eigenvalue weighted by Crippen LogP contribution is 2.25. The first kappa shape index (κ1) is 12.5. The molecule has 0 unspecified atom stereocenters. The molecule has 0 spiro atoms. The van der Waals surface area contributed by atoms with E-state index in [9.17, 15) is 18.0 Å². The number of rotatable bonds is 2. The first-order valence-electron chi connectivity index (χ1n) is 4.82. The van der Waals surface area contributed by atoms with Crippen molar-refractivity contribution >= 4 is 11.6 Å². The number of hydrogen-bond donors (Lipinski definition) is 0. The van der Waals surface area contributed by atoms with E-state index in [0.29, 0.717) is 11.3 Å². The van der Waals surface area contributed by atoms with Gasteiger partial charge in [-0.3, -0.25) is 4.79 Å². The average Bonchev–Trinajstić information content (AvgIpc) is 2.20. The van der Waals surface area contributed by atoms with Crippen LogP contribution in [0.25, 0.3) is 0 Å². The van der Waals surface area contributed by atoms with Gasteiger partial charge in [0.05, 0.1) is 0 Å². The summed E-state index contributed by atoms with van der Waals surface area (Å²) in [6.07, 6.45) is -4.84. The van der Waals surface area contributed by atoms with E-state index in [2.05, 4.69) is 0 Å². The third kappa shape index (κ3) is 2.53. The number of alkyl halides is 3. The van der Waals surface area contributed by atoms with Crippen LogP contribution in [0.5, 0.6) is 0 Å². The van der Waals surface area contributed by atoms with Crippen molar-refractivity contribution in [2.24, 2.45) is 0 Å². The molecule has 0 heterocycles. The molecule has 1 aromatic rings. The number of anilines is 1. The number of para-hydroxylation sites is 1. The summed E-state index contributed by atoms with van der Waals surface area (Å²) in [4.78, 5) is 11.9. The van der Waals surface area contributed by atoms with Crippen molar-refractivity contribution in [1.82, 2.24) is 0 Å². The molecule has 0 aliphatic rings. The van der Waals surface area contributed by atoms with Crippen LogP contribution in [0.15, 0.2) is 24.3 Å². The zero-order valence-electron chi connectivity index (χ0n) is 9.01. The van der Waals surface area contributed by atoms with Crippen LogP contribution in [0.2, 0.25) is 0 Å². The number of amides is 1. The van der Waals surface area contributed by atoms with Gasteiger partial charge in [0.15, 0.2) is 0 Å². The molecule has 2 nitrogen and oxygen atoms in total. The summed E-state index contributed by atoms with van der Waals surface area (Å²) in [6, 6.07) is 6.49. The SMILES string of the molecule is CCN(C(=O)C(F)(F)F)c1ccccc1C. The van der Waals surface area contributed by atoms with Crippen LogP contribution in [0.1, 0.15) is 12.5 Å². The van der Waals surface area contributed by atoms with E-state index in [0.717, 1.165) is 4.90 Å². The van der Waals surface area contributed by atoms with Crippen LogP contribution in [0.4, 0.5) is 18.9 Å². The lowest BCUT2D eigenvalue weighted by molar-refractivity contribution is -0.170. The first-order chi connectivity index (χ1) is 7.38. The highest BCUT2D eigenvalue weighted by atomic mass is 19.4. The number of carbonyl (C=O) groups excluding carboxylic acids is 1. The Morgan fingerprint density at radius 1 is 1.31 bits per heavy atom. The quantitative estimate of drug-likeness (QED) is 0.766. The monoisotopic (exact) mass is 231 g/mol. The predicted octanol–water partition coefficient (Wildman–Crippen LogP) is 2.91. The first-order valence-corrected chi connectivity index (χ1v) is 4.82. The van der Waals surface area contributed by atoms with Crippen LogP contribution >= 0.6 is 0 Å². The molecule has 1 amide bonds. The summed E-state index contributed by atoms with van der Waals surface area (Å²) >= 11 is 0. The second kappa shape index (κ2) is 4.55. The maximum absolute atomic E-state index is 12.3.